The van der Waals surface area contributed by atoms with Gasteiger partial charge in [-0.15, -0.1) is 0 Å². The van der Waals surface area contributed by atoms with Gasteiger partial charge in [0.25, 0.3) is 0 Å². The fourth-order valence-electron chi connectivity index (χ4n) is 2.51. The van der Waals surface area contributed by atoms with Gasteiger partial charge in [-0.2, -0.15) is 0 Å². The molecule has 2 rings (SSSR count). The molecule has 0 saturated carbocycles. The summed E-state index contributed by atoms with van der Waals surface area (Å²) < 4.78 is 0. The highest BCUT2D eigenvalue weighted by molar-refractivity contribution is 6.05. The van der Waals surface area contributed by atoms with Crippen LogP contribution in [0.1, 0.15) is 6.42 Å². The topological polar surface area (TPSA) is 77.9 Å². The monoisotopic (exact) mass is 226 g/mol. The number of carbonyl (C=O) groups excluding carboxylic acids is 2. The van der Waals surface area contributed by atoms with Crippen LogP contribution in [0.25, 0.3) is 0 Å². The van der Waals surface area contributed by atoms with Crippen molar-refractivity contribution in [1.82, 2.24) is 9.80 Å². The Bertz CT molecular complexity index is 355. The van der Waals surface area contributed by atoms with Crippen molar-refractivity contribution in [3.63, 3.8) is 0 Å². The Morgan fingerprint density at radius 2 is 2.00 bits per heavy atom. The average molecular weight is 226 g/mol. The summed E-state index contributed by atoms with van der Waals surface area (Å²) in [5.74, 6) is -1.77. The standard InChI is InChI=1S/C10H14N2O4/c1-11-9(15)6-2-3-12(5-8(13)14)4-7(6)10(11)16/h6-7H,2-5H2,1H3,(H,13,14)/t6-,7+/m1/s1. The minimum atomic E-state index is -0.899. The van der Waals surface area contributed by atoms with Crippen LogP contribution in [0.4, 0.5) is 0 Å². The molecule has 2 aliphatic heterocycles. The van der Waals surface area contributed by atoms with Gasteiger partial charge in [0.2, 0.25) is 11.8 Å². The number of aliphatic carboxylic acids is 1. The van der Waals surface area contributed by atoms with E-state index in [0.29, 0.717) is 19.5 Å². The zero-order valence-corrected chi connectivity index (χ0v) is 9.05. The second kappa shape index (κ2) is 3.86. The molecule has 0 aromatic carbocycles. The number of amides is 2. The summed E-state index contributed by atoms with van der Waals surface area (Å²) in [5, 5.41) is 8.67. The van der Waals surface area contributed by atoms with E-state index in [2.05, 4.69) is 0 Å². The van der Waals surface area contributed by atoms with Gasteiger partial charge in [0, 0.05) is 13.6 Å². The molecule has 2 fully saturated rings. The fraction of sp³-hybridized carbons (Fsp3) is 0.700. The van der Waals surface area contributed by atoms with Gasteiger partial charge < -0.3 is 5.11 Å². The molecule has 88 valence electrons. The first-order valence-electron chi connectivity index (χ1n) is 5.26. The number of imide groups is 1. The summed E-state index contributed by atoms with van der Waals surface area (Å²) >= 11 is 0. The normalized spacial score (nSPS) is 30.7. The molecule has 0 spiro atoms. The minimum Gasteiger partial charge on any atom is -0.480 e. The van der Waals surface area contributed by atoms with Crippen molar-refractivity contribution in [1.29, 1.82) is 0 Å². The highest BCUT2D eigenvalue weighted by atomic mass is 16.4. The minimum absolute atomic E-state index is 0.0611. The van der Waals surface area contributed by atoms with Gasteiger partial charge in [0.1, 0.15) is 0 Å². The lowest BCUT2D eigenvalue weighted by molar-refractivity contribution is -0.140. The second-order valence-corrected chi connectivity index (χ2v) is 4.37. The van der Waals surface area contributed by atoms with E-state index in [1.165, 1.54) is 11.9 Å². The molecule has 6 nitrogen and oxygen atoms in total. The molecule has 2 heterocycles. The van der Waals surface area contributed by atoms with Crippen molar-refractivity contribution < 1.29 is 19.5 Å². The molecular formula is C10H14N2O4. The lowest BCUT2D eigenvalue weighted by Crippen LogP contribution is -2.43. The van der Waals surface area contributed by atoms with Crippen molar-refractivity contribution in [2.45, 2.75) is 6.42 Å². The van der Waals surface area contributed by atoms with E-state index < -0.39 is 5.97 Å². The molecule has 0 aliphatic carbocycles. The Morgan fingerprint density at radius 1 is 1.38 bits per heavy atom. The van der Waals surface area contributed by atoms with Gasteiger partial charge in [-0.25, -0.2) is 0 Å². The van der Waals surface area contributed by atoms with Crippen LogP contribution in [0.15, 0.2) is 0 Å². The number of carboxylic acid groups (broad SMARTS) is 1. The molecule has 16 heavy (non-hydrogen) atoms. The van der Waals surface area contributed by atoms with E-state index in [1.807, 2.05) is 0 Å². The van der Waals surface area contributed by atoms with E-state index in [4.69, 9.17) is 5.11 Å². The Labute approximate surface area is 92.8 Å². The molecule has 1 N–H and O–H groups in total. The first-order chi connectivity index (χ1) is 7.50. The second-order valence-electron chi connectivity index (χ2n) is 4.37. The number of piperidine rings is 1. The molecule has 0 aromatic rings. The maximum atomic E-state index is 11.7. The molecule has 2 aliphatic rings. The molecular weight excluding hydrogens is 212 g/mol. The molecule has 0 aromatic heterocycles. The summed E-state index contributed by atoms with van der Waals surface area (Å²) in [4.78, 5) is 36.8. The van der Waals surface area contributed by atoms with Crippen LogP contribution in [0.5, 0.6) is 0 Å². The van der Waals surface area contributed by atoms with Crippen molar-refractivity contribution in [2.75, 3.05) is 26.7 Å². The number of hydrogen-bond acceptors (Lipinski definition) is 4. The number of hydrogen-bond donors (Lipinski definition) is 1. The van der Waals surface area contributed by atoms with E-state index >= 15 is 0 Å². The first-order valence-corrected chi connectivity index (χ1v) is 5.26. The van der Waals surface area contributed by atoms with Crippen molar-refractivity contribution in [3.8, 4) is 0 Å². The highest BCUT2D eigenvalue weighted by Crippen LogP contribution is 2.32. The fourth-order valence-corrected chi connectivity index (χ4v) is 2.51. The van der Waals surface area contributed by atoms with E-state index in [-0.39, 0.29) is 30.2 Å². The number of carbonyl (C=O) groups is 3. The van der Waals surface area contributed by atoms with Gasteiger partial charge in [-0.1, -0.05) is 0 Å². The lowest BCUT2D eigenvalue weighted by Gasteiger charge is -2.30. The summed E-state index contributed by atoms with van der Waals surface area (Å²) in [6.07, 6.45) is 0.576. The van der Waals surface area contributed by atoms with Crippen LogP contribution < -0.4 is 0 Å². The maximum absolute atomic E-state index is 11.7. The van der Waals surface area contributed by atoms with Gasteiger partial charge in [-0.3, -0.25) is 24.2 Å². The zero-order chi connectivity index (χ0) is 11.9. The molecule has 0 radical (unpaired) electrons. The van der Waals surface area contributed by atoms with Crippen LogP contribution in [-0.2, 0) is 14.4 Å². The van der Waals surface area contributed by atoms with E-state index in [9.17, 15) is 14.4 Å². The Kier molecular flexibility index (Phi) is 2.67. The van der Waals surface area contributed by atoms with Crippen LogP contribution in [0, 0.1) is 11.8 Å². The maximum Gasteiger partial charge on any atom is 0.317 e. The quantitative estimate of drug-likeness (QED) is 0.611. The van der Waals surface area contributed by atoms with Gasteiger partial charge in [0.05, 0.1) is 18.4 Å². The number of nitrogens with zero attached hydrogens (tertiary/aromatic N) is 2. The molecule has 0 unspecified atom stereocenters. The molecule has 6 heteroatoms. The van der Waals surface area contributed by atoms with Crippen molar-refractivity contribution in [2.24, 2.45) is 11.8 Å². The third-order valence-electron chi connectivity index (χ3n) is 3.35. The highest BCUT2D eigenvalue weighted by Gasteiger charge is 2.48. The summed E-state index contributed by atoms with van der Waals surface area (Å²) in [6.45, 7) is 0.889. The predicted octanol–water partition coefficient (Wildman–Crippen LogP) is -0.992. The van der Waals surface area contributed by atoms with Crippen molar-refractivity contribution >= 4 is 17.8 Å². The first kappa shape index (κ1) is 11.1. The molecule has 2 atom stereocenters. The van der Waals surface area contributed by atoms with Gasteiger partial charge in [-0.05, 0) is 13.0 Å². The van der Waals surface area contributed by atoms with Crippen LogP contribution >= 0.6 is 0 Å². The van der Waals surface area contributed by atoms with E-state index in [0.717, 1.165) is 0 Å². The smallest absolute Gasteiger partial charge is 0.317 e. The average Bonchev–Trinajstić information content (AvgIpc) is 2.43. The van der Waals surface area contributed by atoms with Crippen LogP contribution in [0.3, 0.4) is 0 Å². The zero-order valence-electron chi connectivity index (χ0n) is 9.05. The summed E-state index contributed by atoms with van der Waals surface area (Å²) in [5.41, 5.74) is 0. The Hall–Kier alpha value is -1.43. The lowest BCUT2D eigenvalue weighted by atomic mass is 9.88. The number of carboxylic acids is 1. The summed E-state index contributed by atoms with van der Waals surface area (Å²) in [6, 6.07) is 0. The third-order valence-corrected chi connectivity index (χ3v) is 3.35. The predicted molar refractivity (Wildman–Crippen MR) is 53.4 cm³/mol. The Morgan fingerprint density at radius 3 is 2.62 bits per heavy atom. The summed E-state index contributed by atoms with van der Waals surface area (Å²) in [7, 11) is 1.49. The van der Waals surface area contributed by atoms with Gasteiger partial charge in [0.15, 0.2) is 0 Å². The van der Waals surface area contributed by atoms with Crippen molar-refractivity contribution in [3.05, 3.63) is 0 Å². The van der Waals surface area contributed by atoms with Crippen LogP contribution in [0.2, 0.25) is 0 Å². The number of rotatable bonds is 2. The number of fused-ring (bicyclic) bond motifs is 1. The van der Waals surface area contributed by atoms with E-state index in [1.54, 1.807) is 4.90 Å². The largest absolute Gasteiger partial charge is 0.480 e. The van der Waals surface area contributed by atoms with Gasteiger partial charge >= 0.3 is 5.97 Å². The molecule has 2 saturated heterocycles. The SMILES string of the molecule is CN1C(=O)[C@H]2CN(CC(=O)O)CC[C@H]2C1=O. The van der Waals surface area contributed by atoms with Crippen LogP contribution in [-0.4, -0.2) is 59.4 Å². The molecule has 2 amide bonds. The third kappa shape index (κ3) is 1.69. The Balaban J connectivity index is 2.07. The number of likely N-dealkylation sites (tertiary alicyclic amines) is 2. The molecule has 0 bridgehead atoms.